The Morgan fingerprint density at radius 2 is 2.21 bits per heavy atom. The van der Waals surface area contributed by atoms with Crippen molar-refractivity contribution >= 4 is 21.8 Å². The minimum atomic E-state index is 0.159. The lowest BCUT2D eigenvalue weighted by Crippen LogP contribution is -2.56. The molecule has 0 saturated carbocycles. The van der Waals surface area contributed by atoms with Gasteiger partial charge in [0.2, 0.25) is 0 Å². The Labute approximate surface area is 122 Å². The van der Waals surface area contributed by atoms with Crippen LogP contribution in [-0.4, -0.2) is 52.0 Å². The fourth-order valence-electron chi connectivity index (χ4n) is 3.35. The molecule has 2 aliphatic heterocycles. The van der Waals surface area contributed by atoms with Crippen molar-refractivity contribution in [2.75, 3.05) is 19.6 Å². The Morgan fingerprint density at radius 1 is 1.42 bits per heavy atom. The molecule has 1 aromatic rings. The lowest BCUT2D eigenvalue weighted by atomic mass is 10.1. The molecule has 2 saturated heterocycles. The number of halogens is 1. The second kappa shape index (κ2) is 4.94. The molecule has 5 heteroatoms. The highest BCUT2D eigenvalue weighted by Crippen LogP contribution is 2.26. The number of rotatable bonds is 1. The first-order valence-electron chi connectivity index (χ1n) is 6.93. The van der Waals surface area contributed by atoms with Crippen molar-refractivity contribution in [1.82, 2.24) is 14.4 Å². The third-order valence-corrected chi connectivity index (χ3v) is 4.82. The van der Waals surface area contributed by atoms with Crippen LogP contribution in [0.25, 0.3) is 0 Å². The second-order valence-electron chi connectivity index (χ2n) is 5.75. The summed E-state index contributed by atoms with van der Waals surface area (Å²) in [6.45, 7) is 5.25. The summed E-state index contributed by atoms with van der Waals surface area (Å²) in [6, 6.07) is 2.79. The number of aromatic nitrogens is 1. The average molecular weight is 326 g/mol. The van der Waals surface area contributed by atoms with Gasteiger partial charge in [-0.2, -0.15) is 0 Å². The van der Waals surface area contributed by atoms with E-state index in [1.807, 2.05) is 28.8 Å². The van der Waals surface area contributed by atoms with Gasteiger partial charge in [0.15, 0.2) is 0 Å². The Kier molecular flexibility index (Phi) is 3.43. The highest BCUT2D eigenvalue weighted by molar-refractivity contribution is 9.10. The van der Waals surface area contributed by atoms with Gasteiger partial charge in [-0.15, -0.1) is 0 Å². The van der Waals surface area contributed by atoms with Crippen molar-refractivity contribution < 1.29 is 4.79 Å². The second-order valence-corrected chi connectivity index (χ2v) is 6.67. The number of carbonyl (C=O) groups excluding carboxylic acids is 1. The molecular weight excluding hydrogens is 306 g/mol. The smallest absolute Gasteiger partial charge is 0.270 e. The van der Waals surface area contributed by atoms with E-state index < -0.39 is 0 Å². The molecule has 3 heterocycles. The zero-order valence-corrected chi connectivity index (χ0v) is 13.1. The van der Waals surface area contributed by atoms with Gasteiger partial charge < -0.3 is 9.47 Å². The minimum Gasteiger partial charge on any atom is -0.345 e. The maximum Gasteiger partial charge on any atom is 0.270 e. The monoisotopic (exact) mass is 325 g/mol. The van der Waals surface area contributed by atoms with Crippen molar-refractivity contribution in [3.05, 3.63) is 22.4 Å². The zero-order chi connectivity index (χ0) is 13.6. The molecule has 0 bridgehead atoms. The molecule has 2 fully saturated rings. The molecule has 0 radical (unpaired) electrons. The number of piperazine rings is 1. The molecule has 1 amide bonds. The predicted molar refractivity (Wildman–Crippen MR) is 78.2 cm³/mol. The van der Waals surface area contributed by atoms with E-state index in [4.69, 9.17) is 0 Å². The van der Waals surface area contributed by atoms with Gasteiger partial charge in [-0.3, -0.25) is 9.69 Å². The molecule has 0 spiro atoms. The molecular formula is C14H20BrN3O. The van der Waals surface area contributed by atoms with Gasteiger partial charge in [0.1, 0.15) is 5.69 Å². The molecule has 1 aromatic heterocycles. The Balaban J connectivity index is 1.81. The van der Waals surface area contributed by atoms with E-state index in [0.717, 1.165) is 23.3 Å². The van der Waals surface area contributed by atoms with Crippen LogP contribution < -0.4 is 0 Å². The summed E-state index contributed by atoms with van der Waals surface area (Å²) < 4.78 is 2.87. The first-order valence-corrected chi connectivity index (χ1v) is 7.72. The summed E-state index contributed by atoms with van der Waals surface area (Å²) in [5.41, 5.74) is 0.769. The predicted octanol–water partition coefficient (Wildman–Crippen LogP) is 2.10. The van der Waals surface area contributed by atoms with E-state index in [-0.39, 0.29) is 5.91 Å². The number of fused-ring (bicyclic) bond motifs is 1. The van der Waals surface area contributed by atoms with Crippen molar-refractivity contribution in [3.63, 3.8) is 0 Å². The van der Waals surface area contributed by atoms with Gasteiger partial charge in [0, 0.05) is 42.9 Å². The van der Waals surface area contributed by atoms with Gasteiger partial charge in [-0.1, -0.05) is 0 Å². The van der Waals surface area contributed by atoms with E-state index in [1.54, 1.807) is 0 Å². The number of nitrogens with zero attached hydrogens (tertiary/aromatic N) is 3. The fourth-order valence-corrected chi connectivity index (χ4v) is 3.88. The Morgan fingerprint density at radius 3 is 2.89 bits per heavy atom. The quantitative estimate of drug-likeness (QED) is 0.791. The largest absolute Gasteiger partial charge is 0.345 e. The molecule has 0 N–H and O–H groups in total. The lowest BCUT2D eigenvalue weighted by molar-refractivity contribution is 0.0387. The van der Waals surface area contributed by atoms with Gasteiger partial charge in [0.25, 0.3) is 5.91 Å². The molecule has 2 aliphatic rings. The van der Waals surface area contributed by atoms with Crippen molar-refractivity contribution in [2.24, 2.45) is 7.05 Å². The molecule has 0 aliphatic carbocycles. The maximum absolute atomic E-state index is 12.7. The molecule has 2 atom stereocenters. The Hall–Kier alpha value is -0.810. The number of amides is 1. The molecule has 4 nitrogen and oxygen atoms in total. The van der Waals surface area contributed by atoms with Crippen molar-refractivity contribution in [1.29, 1.82) is 0 Å². The summed E-state index contributed by atoms with van der Waals surface area (Å²) in [7, 11) is 1.93. The van der Waals surface area contributed by atoms with E-state index >= 15 is 0 Å². The summed E-state index contributed by atoms with van der Waals surface area (Å²) in [4.78, 5) is 17.3. The third-order valence-electron chi connectivity index (χ3n) is 4.39. The van der Waals surface area contributed by atoms with Crippen LogP contribution in [0.1, 0.15) is 30.3 Å². The summed E-state index contributed by atoms with van der Waals surface area (Å²) >= 11 is 3.44. The van der Waals surface area contributed by atoms with Crippen LogP contribution in [0.4, 0.5) is 0 Å². The number of aryl methyl sites for hydroxylation is 1. The normalized spacial score (nSPS) is 27.6. The highest BCUT2D eigenvalue weighted by Gasteiger charge is 2.37. The topological polar surface area (TPSA) is 28.5 Å². The number of hydrogen-bond donors (Lipinski definition) is 0. The zero-order valence-electron chi connectivity index (χ0n) is 11.5. The van der Waals surface area contributed by atoms with Crippen LogP contribution in [0.15, 0.2) is 16.7 Å². The number of carbonyl (C=O) groups is 1. The van der Waals surface area contributed by atoms with Crippen LogP contribution in [0.3, 0.4) is 0 Å². The average Bonchev–Trinajstić information content (AvgIpc) is 2.93. The third kappa shape index (κ3) is 2.34. The highest BCUT2D eigenvalue weighted by atomic mass is 79.9. The minimum absolute atomic E-state index is 0.159. The van der Waals surface area contributed by atoms with Crippen molar-refractivity contribution in [2.45, 2.75) is 31.8 Å². The van der Waals surface area contributed by atoms with Gasteiger partial charge in [-0.25, -0.2) is 0 Å². The first-order chi connectivity index (χ1) is 9.06. The maximum atomic E-state index is 12.7. The summed E-state index contributed by atoms with van der Waals surface area (Å²) in [6.07, 6.45) is 4.44. The molecule has 0 aromatic carbocycles. The van der Waals surface area contributed by atoms with E-state index in [0.29, 0.717) is 12.1 Å². The molecule has 3 rings (SSSR count). The molecule has 19 heavy (non-hydrogen) atoms. The Bertz CT molecular complexity index is 499. The summed E-state index contributed by atoms with van der Waals surface area (Å²) in [5.74, 6) is 0.159. The van der Waals surface area contributed by atoms with E-state index in [1.165, 1.54) is 19.4 Å². The fraction of sp³-hybridized carbons (Fsp3) is 0.643. The van der Waals surface area contributed by atoms with Crippen molar-refractivity contribution in [3.8, 4) is 0 Å². The van der Waals surface area contributed by atoms with Crippen LogP contribution in [-0.2, 0) is 7.05 Å². The van der Waals surface area contributed by atoms with E-state index in [9.17, 15) is 4.79 Å². The van der Waals surface area contributed by atoms with Crippen LogP contribution in [0, 0.1) is 0 Å². The van der Waals surface area contributed by atoms with Crippen LogP contribution in [0.2, 0.25) is 0 Å². The van der Waals surface area contributed by atoms with E-state index in [2.05, 4.69) is 27.8 Å². The lowest BCUT2D eigenvalue weighted by Gasteiger charge is -2.42. The summed E-state index contributed by atoms with van der Waals surface area (Å²) in [5, 5.41) is 0. The van der Waals surface area contributed by atoms with Gasteiger partial charge in [-0.05, 0) is 48.3 Å². The number of hydrogen-bond acceptors (Lipinski definition) is 2. The molecule has 104 valence electrons. The van der Waals surface area contributed by atoms with Gasteiger partial charge >= 0.3 is 0 Å². The first kappa shape index (κ1) is 13.2. The molecule has 2 unspecified atom stereocenters. The standard InChI is InChI=1S/C14H20BrN3O/c1-10-7-17-5-3-4-12(17)9-18(10)14(19)13-6-11(15)8-16(13)2/h6,8,10,12H,3-5,7,9H2,1-2H3. The van der Waals surface area contributed by atoms with Crippen LogP contribution >= 0.6 is 15.9 Å². The SMILES string of the molecule is CC1CN2CCCC2CN1C(=O)c1cc(Br)cn1C. The van der Waals surface area contributed by atoms with Gasteiger partial charge in [0.05, 0.1) is 0 Å². The van der Waals surface area contributed by atoms with Crippen LogP contribution in [0.5, 0.6) is 0 Å².